The molecule has 5 nitrogen and oxygen atoms in total. The van der Waals surface area contributed by atoms with Gasteiger partial charge in [0.25, 0.3) is 0 Å². The number of amides is 2. The van der Waals surface area contributed by atoms with Crippen LogP contribution in [0.1, 0.15) is 27.2 Å². The van der Waals surface area contributed by atoms with E-state index in [-0.39, 0.29) is 29.1 Å². The number of carbonyl (C=O) groups excluding carboxylic acids is 2. The molecule has 2 fully saturated rings. The van der Waals surface area contributed by atoms with Gasteiger partial charge in [-0.2, -0.15) is 0 Å². The monoisotopic (exact) mass is 347 g/mol. The van der Waals surface area contributed by atoms with Crippen molar-refractivity contribution < 1.29 is 14.0 Å². The third kappa shape index (κ3) is 3.54. The summed E-state index contributed by atoms with van der Waals surface area (Å²) in [6, 6.07) is 6.19. The lowest BCUT2D eigenvalue weighted by atomic mass is 9.94. The molecule has 0 N–H and O–H groups in total. The third-order valence-corrected chi connectivity index (χ3v) is 5.00. The maximum atomic E-state index is 14.0. The first-order valence-electron chi connectivity index (χ1n) is 8.88. The SMILES string of the molecule is CC(C)(C)C(=O)N1CCN(C2CCN(c3ccccc3F)C2=O)CC1. The first-order valence-corrected chi connectivity index (χ1v) is 8.88. The topological polar surface area (TPSA) is 43.9 Å². The van der Waals surface area contributed by atoms with Crippen molar-refractivity contribution in [3.05, 3.63) is 30.1 Å². The number of anilines is 1. The second kappa shape index (κ2) is 6.75. The first-order chi connectivity index (χ1) is 11.8. The van der Waals surface area contributed by atoms with E-state index in [2.05, 4.69) is 4.90 Å². The van der Waals surface area contributed by atoms with Gasteiger partial charge in [-0.1, -0.05) is 32.9 Å². The van der Waals surface area contributed by atoms with Crippen molar-refractivity contribution in [3.63, 3.8) is 0 Å². The van der Waals surface area contributed by atoms with Crippen LogP contribution in [0, 0.1) is 11.2 Å². The molecule has 25 heavy (non-hydrogen) atoms. The molecule has 1 aromatic rings. The zero-order valence-electron chi connectivity index (χ0n) is 15.2. The average molecular weight is 347 g/mol. The summed E-state index contributed by atoms with van der Waals surface area (Å²) in [4.78, 5) is 30.7. The van der Waals surface area contributed by atoms with Crippen LogP contribution in [0.25, 0.3) is 0 Å². The van der Waals surface area contributed by atoms with E-state index < -0.39 is 0 Å². The Labute approximate surface area is 148 Å². The normalized spacial score (nSPS) is 22.6. The van der Waals surface area contributed by atoms with Crippen LogP contribution < -0.4 is 4.90 Å². The van der Waals surface area contributed by atoms with Crippen LogP contribution in [0.4, 0.5) is 10.1 Å². The summed E-state index contributed by atoms with van der Waals surface area (Å²) in [6.45, 7) is 8.95. The number of halogens is 1. The highest BCUT2D eigenvalue weighted by atomic mass is 19.1. The lowest BCUT2D eigenvalue weighted by Crippen LogP contribution is -2.55. The van der Waals surface area contributed by atoms with Gasteiger partial charge in [0.1, 0.15) is 5.82 Å². The molecule has 2 aliphatic heterocycles. The zero-order chi connectivity index (χ0) is 18.2. The number of hydrogen-bond acceptors (Lipinski definition) is 3. The van der Waals surface area contributed by atoms with Gasteiger partial charge in [0.2, 0.25) is 11.8 Å². The number of carbonyl (C=O) groups is 2. The van der Waals surface area contributed by atoms with Crippen LogP contribution in [-0.2, 0) is 9.59 Å². The minimum absolute atomic E-state index is 0.0410. The van der Waals surface area contributed by atoms with Gasteiger partial charge in [0.05, 0.1) is 11.7 Å². The zero-order valence-corrected chi connectivity index (χ0v) is 15.2. The van der Waals surface area contributed by atoms with Crippen LogP contribution in [0.2, 0.25) is 0 Å². The molecule has 1 atom stereocenters. The molecule has 3 rings (SSSR count). The van der Waals surface area contributed by atoms with E-state index in [0.717, 1.165) is 0 Å². The largest absolute Gasteiger partial charge is 0.340 e. The van der Waals surface area contributed by atoms with Gasteiger partial charge in [-0.3, -0.25) is 14.5 Å². The lowest BCUT2D eigenvalue weighted by molar-refractivity contribution is -0.141. The summed E-state index contributed by atoms with van der Waals surface area (Å²) in [6.07, 6.45) is 0.695. The van der Waals surface area contributed by atoms with Crippen LogP contribution in [0.3, 0.4) is 0 Å². The van der Waals surface area contributed by atoms with Crippen LogP contribution >= 0.6 is 0 Å². The molecule has 1 aromatic carbocycles. The molecule has 2 aliphatic rings. The molecule has 0 spiro atoms. The summed E-state index contributed by atoms with van der Waals surface area (Å²) in [7, 11) is 0. The van der Waals surface area contributed by atoms with Gasteiger partial charge < -0.3 is 9.80 Å². The van der Waals surface area contributed by atoms with Gasteiger partial charge in [-0.15, -0.1) is 0 Å². The Hall–Kier alpha value is -1.95. The Bertz CT molecular complexity index is 663. The van der Waals surface area contributed by atoms with E-state index in [9.17, 15) is 14.0 Å². The van der Waals surface area contributed by atoms with Crippen molar-refractivity contribution in [3.8, 4) is 0 Å². The van der Waals surface area contributed by atoms with Crippen molar-refractivity contribution in [1.29, 1.82) is 0 Å². The van der Waals surface area contributed by atoms with Gasteiger partial charge in [-0.05, 0) is 18.6 Å². The number of nitrogens with zero attached hydrogens (tertiary/aromatic N) is 3. The summed E-state index contributed by atoms with van der Waals surface area (Å²) in [5.74, 6) is -0.254. The van der Waals surface area contributed by atoms with E-state index in [0.29, 0.717) is 44.8 Å². The quantitative estimate of drug-likeness (QED) is 0.823. The summed E-state index contributed by atoms with van der Waals surface area (Å²) in [5, 5.41) is 0. The predicted molar refractivity (Wildman–Crippen MR) is 94.8 cm³/mol. The van der Waals surface area contributed by atoms with E-state index in [4.69, 9.17) is 0 Å². The van der Waals surface area contributed by atoms with E-state index in [1.54, 1.807) is 23.1 Å². The Morgan fingerprint density at radius 1 is 1.08 bits per heavy atom. The number of rotatable bonds is 2. The average Bonchev–Trinajstić information content (AvgIpc) is 2.95. The van der Waals surface area contributed by atoms with Crippen molar-refractivity contribution in [1.82, 2.24) is 9.80 Å². The smallest absolute Gasteiger partial charge is 0.244 e. The van der Waals surface area contributed by atoms with Gasteiger partial charge in [0, 0.05) is 38.1 Å². The molecule has 0 aromatic heterocycles. The third-order valence-electron chi connectivity index (χ3n) is 5.00. The summed E-state index contributed by atoms with van der Waals surface area (Å²) in [5.41, 5.74) is -0.0240. The van der Waals surface area contributed by atoms with Gasteiger partial charge in [0.15, 0.2) is 0 Å². The van der Waals surface area contributed by atoms with E-state index in [1.807, 2.05) is 25.7 Å². The molecule has 0 saturated carbocycles. The van der Waals surface area contributed by atoms with Crippen molar-refractivity contribution in [2.24, 2.45) is 5.41 Å². The second-order valence-corrected chi connectivity index (χ2v) is 7.82. The second-order valence-electron chi connectivity index (χ2n) is 7.82. The maximum Gasteiger partial charge on any atom is 0.244 e. The van der Waals surface area contributed by atoms with Crippen molar-refractivity contribution >= 4 is 17.5 Å². The highest BCUT2D eigenvalue weighted by Crippen LogP contribution is 2.27. The summed E-state index contributed by atoms with van der Waals surface area (Å²) < 4.78 is 14.0. The molecule has 0 bridgehead atoms. The van der Waals surface area contributed by atoms with Crippen LogP contribution in [0.15, 0.2) is 24.3 Å². The molecule has 2 heterocycles. The fourth-order valence-electron chi connectivity index (χ4n) is 3.62. The molecule has 2 amide bonds. The highest BCUT2D eigenvalue weighted by Gasteiger charge is 2.39. The molecule has 0 aliphatic carbocycles. The van der Waals surface area contributed by atoms with Crippen LogP contribution in [0.5, 0.6) is 0 Å². The minimum atomic E-state index is -0.382. The number of hydrogen-bond donors (Lipinski definition) is 0. The van der Waals surface area contributed by atoms with E-state index in [1.165, 1.54) is 6.07 Å². The first kappa shape index (κ1) is 17.9. The maximum absolute atomic E-state index is 14.0. The predicted octanol–water partition coefficient (Wildman–Crippen LogP) is 2.12. The fourth-order valence-corrected chi connectivity index (χ4v) is 3.62. The number of para-hydroxylation sites is 1. The molecule has 2 saturated heterocycles. The molecule has 6 heteroatoms. The van der Waals surface area contributed by atoms with Crippen molar-refractivity contribution in [2.45, 2.75) is 33.2 Å². The lowest BCUT2D eigenvalue weighted by Gasteiger charge is -2.39. The highest BCUT2D eigenvalue weighted by molar-refractivity contribution is 5.99. The number of benzene rings is 1. The molecule has 0 radical (unpaired) electrons. The Kier molecular flexibility index (Phi) is 4.82. The Morgan fingerprint density at radius 3 is 2.32 bits per heavy atom. The molecule has 136 valence electrons. The fraction of sp³-hybridized carbons (Fsp3) is 0.579. The van der Waals surface area contributed by atoms with Crippen molar-refractivity contribution in [2.75, 3.05) is 37.6 Å². The Morgan fingerprint density at radius 2 is 1.72 bits per heavy atom. The summed E-state index contributed by atoms with van der Waals surface area (Å²) >= 11 is 0. The van der Waals surface area contributed by atoms with E-state index >= 15 is 0 Å². The van der Waals surface area contributed by atoms with Gasteiger partial charge >= 0.3 is 0 Å². The molecular formula is C19H26FN3O2. The number of piperazine rings is 1. The Balaban J connectivity index is 1.63. The van der Waals surface area contributed by atoms with Gasteiger partial charge in [-0.25, -0.2) is 4.39 Å². The van der Waals surface area contributed by atoms with Crippen LogP contribution in [-0.4, -0.2) is 60.4 Å². The standard InChI is InChI=1S/C19H26FN3O2/c1-19(2,3)18(25)22-12-10-21(11-13-22)16-8-9-23(17(16)24)15-7-5-4-6-14(15)20/h4-7,16H,8-13H2,1-3H3. The molecular weight excluding hydrogens is 321 g/mol. The minimum Gasteiger partial charge on any atom is -0.340 e. The molecule has 1 unspecified atom stereocenters.